The Bertz CT molecular complexity index is 159. The van der Waals surface area contributed by atoms with Crippen molar-refractivity contribution in [2.24, 2.45) is 5.92 Å². The van der Waals surface area contributed by atoms with Crippen LogP contribution in [0, 0.1) is 5.92 Å². The second kappa shape index (κ2) is 4.40. The third-order valence-corrected chi connectivity index (χ3v) is 2.58. The van der Waals surface area contributed by atoms with Gasteiger partial charge >= 0.3 is 0 Å². The molecule has 0 aromatic rings. The summed E-state index contributed by atoms with van der Waals surface area (Å²) < 4.78 is 11.3. The molecule has 2 unspecified atom stereocenters. The standard InChI is InChI=1S/C10H19NO2/c1-8-4-11-5-10(13-8)7-12-6-9-2-3-9/h8-11H,2-7H2,1H3. The summed E-state index contributed by atoms with van der Waals surface area (Å²) in [5.41, 5.74) is 0. The number of morpholine rings is 1. The van der Waals surface area contributed by atoms with E-state index >= 15 is 0 Å². The van der Waals surface area contributed by atoms with Crippen molar-refractivity contribution >= 4 is 0 Å². The molecule has 0 amide bonds. The lowest BCUT2D eigenvalue weighted by molar-refractivity contribution is -0.0697. The van der Waals surface area contributed by atoms with Crippen LogP contribution in [0.5, 0.6) is 0 Å². The molecule has 1 heterocycles. The molecule has 13 heavy (non-hydrogen) atoms. The van der Waals surface area contributed by atoms with Crippen LogP contribution in [0.2, 0.25) is 0 Å². The van der Waals surface area contributed by atoms with E-state index in [1.165, 1.54) is 12.8 Å². The first kappa shape index (κ1) is 9.44. The van der Waals surface area contributed by atoms with Crippen molar-refractivity contribution < 1.29 is 9.47 Å². The maximum Gasteiger partial charge on any atom is 0.0936 e. The molecule has 2 atom stereocenters. The summed E-state index contributed by atoms with van der Waals surface area (Å²) in [6, 6.07) is 0. The van der Waals surface area contributed by atoms with Gasteiger partial charge in [-0.05, 0) is 25.7 Å². The molecule has 0 spiro atoms. The number of hydrogen-bond acceptors (Lipinski definition) is 3. The second-order valence-corrected chi connectivity index (χ2v) is 4.21. The minimum atomic E-state index is 0.266. The van der Waals surface area contributed by atoms with Crippen LogP contribution in [0.3, 0.4) is 0 Å². The molecule has 1 saturated carbocycles. The zero-order valence-electron chi connectivity index (χ0n) is 8.29. The predicted octanol–water partition coefficient (Wildman–Crippen LogP) is 0.790. The van der Waals surface area contributed by atoms with Crippen LogP contribution < -0.4 is 5.32 Å². The Morgan fingerprint density at radius 3 is 2.85 bits per heavy atom. The summed E-state index contributed by atoms with van der Waals surface area (Å²) >= 11 is 0. The minimum absolute atomic E-state index is 0.266. The van der Waals surface area contributed by atoms with E-state index in [-0.39, 0.29) is 6.10 Å². The van der Waals surface area contributed by atoms with Gasteiger partial charge in [-0.2, -0.15) is 0 Å². The Morgan fingerprint density at radius 1 is 1.31 bits per heavy atom. The molecule has 0 aromatic heterocycles. The summed E-state index contributed by atoms with van der Waals surface area (Å²) in [6.45, 7) is 5.70. The molecule has 1 saturated heterocycles. The molecular formula is C10H19NO2. The zero-order chi connectivity index (χ0) is 9.10. The van der Waals surface area contributed by atoms with Gasteiger partial charge in [0.15, 0.2) is 0 Å². The first-order valence-corrected chi connectivity index (χ1v) is 5.28. The van der Waals surface area contributed by atoms with E-state index in [2.05, 4.69) is 12.2 Å². The molecule has 0 aromatic carbocycles. The third kappa shape index (κ3) is 3.25. The van der Waals surface area contributed by atoms with Crippen LogP contribution in [-0.4, -0.2) is 38.5 Å². The highest BCUT2D eigenvalue weighted by molar-refractivity contribution is 4.74. The van der Waals surface area contributed by atoms with E-state index in [0.29, 0.717) is 6.10 Å². The molecule has 2 aliphatic rings. The van der Waals surface area contributed by atoms with Crippen molar-refractivity contribution in [3.8, 4) is 0 Å². The molecule has 76 valence electrons. The normalized spacial score (nSPS) is 34.8. The van der Waals surface area contributed by atoms with Crippen LogP contribution in [0.4, 0.5) is 0 Å². The van der Waals surface area contributed by atoms with Gasteiger partial charge < -0.3 is 14.8 Å². The van der Waals surface area contributed by atoms with Crippen LogP contribution in [-0.2, 0) is 9.47 Å². The van der Waals surface area contributed by atoms with Gasteiger partial charge in [-0.25, -0.2) is 0 Å². The minimum Gasteiger partial charge on any atom is -0.378 e. The summed E-state index contributed by atoms with van der Waals surface area (Å²) in [5.74, 6) is 0.856. The summed E-state index contributed by atoms with van der Waals surface area (Å²) in [7, 11) is 0. The lowest BCUT2D eigenvalue weighted by Gasteiger charge is -2.28. The number of nitrogens with one attached hydrogen (secondary N) is 1. The summed E-state index contributed by atoms with van der Waals surface area (Å²) in [4.78, 5) is 0. The highest BCUT2D eigenvalue weighted by Gasteiger charge is 2.23. The van der Waals surface area contributed by atoms with Crippen LogP contribution >= 0.6 is 0 Å². The maximum absolute atomic E-state index is 5.70. The lowest BCUT2D eigenvalue weighted by Crippen LogP contribution is -2.45. The van der Waals surface area contributed by atoms with E-state index in [4.69, 9.17) is 9.47 Å². The number of rotatable bonds is 4. The van der Waals surface area contributed by atoms with Gasteiger partial charge in [0.25, 0.3) is 0 Å². The van der Waals surface area contributed by atoms with E-state index in [1.807, 2.05) is 0 Å². The van der Waals surface area contributed by atoms with Crippen LogP contribution in [0.1, 0.15) is 19.8 Å². The third-order valence-electron chi connectivity index (χ3n) is 2.58. The van der Waals surface area contributed by atoms with Crippen molar-refractivity contribution in [2.45, 2.75) is 32.0 Å². The van der Waals surface area contributed by atoms with Gasteiger partial charge in [0.1, 0.15) is 0 Å². The van der Waals surface area contributed by atoms with Gasteiger partial charge in [-0.15, -0.1) is 0 Å². The molecule has 3 heteroatoms. The fourth-order valence-corrected chi connectivity index (χ4v) is 1.62. The van der Waals surface area contributed by atoms with E-state index in [9.17, 15) is 0 Å². The van der Waals surface area contributed by atoms with Crippen molar-refractivity contribution in [3.05, 3.63) is 0 Å². The molecule has 0 radical (unpaired) electrons. The van der Waals surface area contributed by atoms with E-state index in [0.717, 1.165) is 32.2 Å². The Hall–Kier alpha value is -0.120. The smallest absolute Gasteiger partial charge is 0.0936 e. The monoisotopic (exact) mass is 185 g/mol. The molecular weight excluding hydrogens is 166 g/mol. The molecule has 1 aliphatic carbocycles. The zero-order valence-corrected chi connectivity index (χ0v) is 8.29. The fraction of sp³-hybridized carbons (Fsp3) is 1.00. The lowest BCUT2D eigenvalue weighted by atomic mass is 10.2. The van der Waals surface area contributed by atoms with Gasteiger partial charge in [0.05, 0.1) is 18.8 Å². The molecule has 1 aliphatic heterocycles. The van der Waals surface area contributed by atoms with Crippen molar-refractivity contribution in [3.63, 3.8) is 0 Å². The highest BCUT2D eigenvalue weighted by atomic mass is 16.5. The number of hydrogen-bond donors (Lipinski definition) is 1. The number of ether oxygens (including phenoxy) is 2. The Morgan fingerprint density at radius 2 is 2.15 bits per heavy atom. The Kier molecular flexibility index (Phi) is 3.19. The molecule has 1 N–H and O–H groups in total. The SMILES string of the molecule is CC1CNCC(COCC2CC2)O1. The average Bonchev–Trinajstić information content (AvgIpc) is 2.88. The van der Waals surface area contributed by atoms with E-state index < -0.39 is 0 Å². The Balaban J connectivity index is 1.56. The van der Waals surface area contributed by atoms with Gasteiger partial charge in [-0.1, -0.05) is 0 Å². The molecule has 0 bridgehead atoms. The quantitative estimate of drug-likeness (QED) is 0.702. The Labute approximate surface area is 79.8 Å². The fourth-order valence-electron chi connectivity index (χ4n) is 1.62. The van der Waals surface area contributed by atoms with Crippen LogP contribution in [0.15, 0.2) is 0 Å². The molecule has 2 fully saturated rings. The van der Waals surface area contributed by atoms with Gasteiger partial charge in [0, 0.05) is 19.7 Å². The average molecular weight is 185 g/mol. The summed E-state index contributed by atoms with van der Waals surface area (Å²) in [6.07, 6.45) is 3.33. The first-order valence-electron chi connectivity index (χ1n) is 5.28. The largest absolute Gasteiger partial charge is 0.378 e. The van der Waals surface area contributed by atoms with Crippen molar-refractivity contribution in [2.75, 3.05) is 26.3 Å². The predicted molar refractivity (Wildman–Crippen MR) is 50.7 cm³/mol. The highest BCUT2D eigenvalue weighted by Crippen LogP contribution is 2.28. The maximum atomic E-state index is 5.70. The van der Waals surface area contributed by atoms with Gasteiger partial charge in [-0.3, -0.25) is 0 Å². The first-order chi connectivity index (χ1) is 6.34. The topological polar surface area (TPSA) is 30.5 Å². The van der Waals surface area contributed by atoms with E-state index in [1.54, 1.807) is 0 Å². The second-order valence-electron chi connectivity index (χ2n) is 4.21. The van der Waals surface area contributed by atoms with Crippen molar-refractivity contribution in [1.82, 2.24) is 5.32 Å². The van der Waals surface area contributed by atoms with Gasteiger partial charge in [0.2, 0.25) is 0 Å². The van der Waals surface area contributed by atoms with Crippen molar-refractivity contribution in [1.29, 1.82) is 0 Å². The summed E-state index contributed by atoms with van der Waals surface area (Å²) in [5, 5.41) is 3.33. The molecule has 3 nitrogen and oxygen atoms in total. The van der Waals surface area contributed by atoms with Crippen LogP contribution in [0.25, 0.3) is 0 Å². The molecule has 2 rings (SSSR count).